The smallest absolute Gasteiger partial charge is 0.172 e. The molecule has 88 valence electrons. The predicted octanol–water partition coefficient (Wildman–Crippen LogP) is 1.92. The van der Waals surface area contributed by atoms with E-state index in [0.717, 1.165) is 6.29 Å². The van der Waals surface area contributed by atoms with E-state index in [9.17, 15) is 4.79 Å². The van der Waals surface area contributed by atoms with Gasteiger partial charge in [0.2, 0.25) is 0 Å². The molecule has 4 heteroatoms. The lowest BCUT2D eigenvalue weighted by Crippen LogP contribution is -2.19. The zero-order chi connectivity index (χ0) is 12.0. The summed E-state index contributed by atoms with van der Waals surface area (Å²) in [7, 11) is 3.14. The number of para-hydroxylation sites is 1. The summed E-state index contributed by atoms with van der Waals surface area (Å²) in [6.07, 6.45) is 0.609. The van der Waals surface area contributed by atoms with E-state index >= 15 is 0 Å². The maximum Gasteiger partial charge on any atom is 0.172 e. The average molecular weight is 224 g/mol. The van der Waals surface area contributed by atoms with E-state index in [2.05, 4.69) is 0 Å². The molecule has 1 aromatic rings. The van der Waals surface area contributed by atoms with Crippen LogP contribution in [0.2, 0.25) is 0 Å². The number of carbonyl (C=O) groups excluding carboxylic acids is 1. The van der Waals surface area contributed by atoms with Crippen LogP contribution in [0.5, 0.6) is 11.5 Å². The first-order chi connectivity index (χ1) is 7.72. The van der Waals surface area contributed by atoms with Crippen LogP contribution >= 0.6 is 0 Å². The second-order valence-corrected chi connectivity index (χ2v) is 3.38. The quantitative estimate of drug-likeness (QED) is 0.692. The van der Waals surface area contributed by atoms with Gasteiger partial charge < -0.3 is 14.2 Å². The fraction of sp³-hybridized carbons (Fsp3) is 0.417. The van der Waals surface area contributed by atoms with Crippen LogP contribution in [-0.4, -0.2) is 33.2 Å². The molecule has 0 amide bonds. The highest BCUT2D eigenvalue weighted by Crippen LogP contribution is 2.30. The third-order valence-corrected chi connectivity index (χ3v) is 2.08. The first-order valence-electron chi connectivity index (χ1n) is 5.00. The molecule has 0 aliphatic heterocycles. The van der Waals surface area contributed by atoms with Gasteiger partial charge >= 0.3 is 0 Å². The highest BCUT2D eigenvalue weighted by atomic mass is 16.5. The van der Waals surface area contributed by atoms with Crippen molar-refractivity contribution in [3.8, 4) is 11.5 Å². The molecule has 1 rings (SSSR count). The molecule has 4 nitrogen and oxygen atoms in total. The predicted molar refractivity (Wildman–Crippen MR) is 60.3 cm³/mol. The maximum absolute atomic E-state index is 10.9. The van der Waals surface area contributed by atoms with Crippen LogP contribution in [0.15, 0.2) is 18.2 Å². The Hall–Kier alpha value is -1.55. The number of hydrogen-bond acceptors (Lipinski definition) is 4. The number of benzene rings is 1. The Labute approximate surface area is 95.1 Å². The Kier molecular flexibility index (Phi) is 4.79. The summed E-state index contributed by atoms with van der Waals surface area (Å²) in [5.41, 5.74) is 0.474. The highest BCUT2D eigenvalue weighted by molar-refractivity contribution is 5.81. The SMILES string of the molecule is COCC(C)Oc1c(C=O)cccc1OC. The molecule has 0 radical (unpaired) electrons. The van der Waals surface area contributed by atoms with Gasteiger partial charge in [0, 0.05) is 7.11 Å². The van der Waals surface area contributed by atoms with Gasteiger partial charge in [-0.2, -0.15) is 0 Å². The number of carbonyl (C=O) groups is 1. The van der Waals surface area contributed by atoms with E-state index in [1.165, 1.54) is 7.11 Å². The molecule has 1 atom stereocenters. The van der Waals surface area contributed by atoms with E-state index in [1.807, 2.05) is 6.92 Å². The number of methoxy groups -OCH3 is 2. The zero-order valence-electron chi connectivity index (χ0n) is 9.73. The lowest BCUT2D eigenvalue weighted by atomic mass is 10.2. The van der Waals surface area contributed by atoms with Gasteiger partial charge in [0.25, 0.3) is 0 Å². The van der Waals surface area contributed by atoms with Gasteiger partial charge in [-0.15, -0.1) is 0 Å². The summed E-state index contributed by atoms with van der Waals surface area (Å²) in [5, 5.41) is 0. The minimum atomic E-state index is -0.139. The Bertz CT molecular complexity index is 349. The molecular formula is C12H16O4. The van der Waals surface area contributed by atoms with Gasteiger partial charge in [0.1, 0.15) is 6.10 Å². The topological polar surface area (TPSA) is 44.8 Å². The first kappa shape index (κ1) is 12.5. The average Bonchev–Trinajstić information content (AvgIpc) is 2.29. The van der Waals surface area contributed by atoms with Crippen molar-refractivity contribution in [2.24, 2.45) is 0 Å². The van der Waals surface area contributed by atoms with Crippen LogP contribution in [0.3, 0.4) is 0 Å². The zero-order valence-corrected chi connectivity index (χ0v) is 9.73. The molecule has 0 saturated carbocycles. The highest BCUT2D eigenvalue weighted by Gasteiger charge is 2.13. The van der Waals surface area contributed by atoms with Crippen molar-refractivity contribution in [3.05, 3.63) is 23.8 Å². The van der Waals surface area contributed by atoms with Gasteiger partial charge in [0.15, 0.2) is 17.8 Å². The molecule has 0 heterocycles. The van der Waals surface area contributed by atoms with Crippen LogP contribution < -0.4 is 9.47 Å². The first-order valence-corrected chi connectivity index (χ1v) is 5.00. The summed E-state index contributed by atoms with van der Waals surface area (Å²) in [5.74, 6) is 1.01. The fourth-order valence-electron chi connectivity index (χ4n) is 1.38. The van der Waals surface area contributed by atoms with Crippen molar-refractivity contribution in [2.45, 2.75) is 13.0 Å². The second-order valence-electron chi connectivity index (χ2n) is 3.38. The van der Waals surface area contributed by atoms with Crippen molar-refractivity contribution in [2.75, 3.05) is 20.8 Å². The molecule has 0 N–H and O–H groups in total. The molecule has 0 saturated heterocycles. The molecule has 1 unspecified atom stereocenters. The minimum absolute atomic E-state index is 0.139. The van der Waals surface area contributed by atoms with Crippen LogP contribution in [0.4, 0.5) is 0 Å². The van der Waals surface area contributed by atoms with E-state index < -0.39 is 0 Å². The van der Waals surface area contributed by atoms with Crippen molar-refractivity contribution in [3.63, 3.8) is 0 Å². The Morgan fingerprint density at radius 2 is 2.12 bits per heavy atom. The van der Waals surface area contributed by atoms with Gasteiger partial charge in [-0.3, -0.25) is 4.79 Å². The molecule has 0 aliphatic rings. The Morgan fingerprint density at radius 1 is 1.38 bits per heavy atom. The van der Waals surface area contributed by atoms with Crippen LogP contribution in [0.25, 0.3) is 0 Å². The molecule has 0 aromatic heterocycles. The second kappa shape index (κ2) is 6.12. The Balaban J connectivity index is 2.94. The van der Waals surface area contributed by atoms with E-state index in [0.29, 0.717) is 23.7 Å². The monoisotopic (exact) mass is 224 g/mol. The summed E-state index contributed by atoms with van der Waals surface area (Å²) in [6.45, 7) is 2.32. The summed E-state index contributed by atoms with van der Waals surface area (Å²) >= 11 is 0. The number of aldehydes is 1. The summed E-state index contributed by atoms with van der Waals surface area (Å²) in [6, 6.07) is 5.18. The molecule has 0 aliphatic carbocycles. The summed E-state index contributed by atoms with van der Waals surface area (Å²) < 4.78 is 15.7. The molecule has 16 heavy (non-hydrogen) atoms. The van der Waals surface area contributed by atoms with Crippen molar-refractivity contribution in [1.82, 2.24) is 0 Å². The normalized spacial score (nSPS) is 11.9. The number of ether oxygens (including phenoxy) is 3. The third-order valence-electron chi connectivity index (χ3n) is 2.08. The lowest BCUT2D eigenvalue weighted by Gasteiger charge is -2.17. The third kappa shape index (κ3) is 2.97. The van der Waals surface area contributed by atoms with E-state index in [4.69, 9.17) is 14.2 Å². The maximum atomic E-state index is 10.9. The van der Waals surface area contributed by atoms with Crippen LogP contribution in [0.1, 0.15) is 17.3 Å². The lowest BCUT2D eigenvalue weighted by molar-refractivity contribution is 0.0884. The largest absolute Gasteiger partial charge is 0.493 e. The van der Waals surface area contributed by atoms with Gasteiger partial charge in [-0.25, -0.2) is 0 Å². The molecular weight excluding hydrogens is 208 g/mol. The van der Waals surface area contributed by atoms with Gasteiger partial charge in [0.05, 0.1) is 19.3 Å². The fourth-order valence-corrected chi connectivity index (χ4v) is 1.38. The minimum Gasteiger partial charge on any atom is -0.493 e. The molecule has 0 bridgehead atoms. The van der Waals surface area contributed by atoms with Crippen molar-refractivity contribution in [1.29, 1.82) is 0 Å². The molecule has 1 aromatic carbocycles. The standard InChI is InChI=1S/C12H16O4/c1-9(8-14-2)16-12-10(7-13)5-4-6-11(12)15-3/h4-7,9H,8H2,1-3H3. The van der Waals surface area contributed by atoms with Crippen molar-refractivity contribution >= 4 is 6.29 Å². The van der Waals surface area contributed by atoms with Crippen LogP contribution in [0, 0.1) is 0 Å². The van der Waals surface area contributed by atoms with Crippen molar-refractivity contribution < 1.29 is 19.0 Å². The van der Waals surface area contributed by atoms with Crippen LogP contribution in [-0.2, 0) is 4.74 Å². The molecule has 0 spiro atoms. The van der Waals surface area contributed by atoms with Gasteiger partial charge in [-0.05, 0) is 19.1 Å². The number of rotatable bonds is 6. The Morgan fingerprint density at radius 3 is 2.69 bits per heavy atom. The van der Waals surface area contributed by atoms with E-state index in [-0.39, 0.29) is 6.10 Å². The van der Waals surface area contributed by atoms with E-state index in [1.54, 1.807) is 25.3 Å². The summed E-state index contributed by atoms with van der Waals surface area (Å²) in [4.78, 5) is 10.9. The number of hydrogen-bond donors (Lipinski definition) is 0. The molecule has 0 fully saturated rings. The van der Waals surface area contributed by atoms with Gasteiger partial charge in [-0.1, -0.05) is 6.07 Å².